The third-order valence-electron chi connectivity index (χ3n) is 5.03. The van der Waals surface area contributed by atoms with Crippen LogP contribution in [0.2, 0.25) is 0 Å². The largest absolute Gasteiger partial charge is 0.490 e. The van der Waals surface area contributed by atoms with Gasteiger partial charge in [-0.2, -0.15) is 0 Å². The van der Waals surface area contributed by atoms with E-state index in [9.17, 15) is 4.79 Å². The molecule has 0 radical (unpaired) electrons. The van der Waals surface area contributed by atoms with Gasteiger partial charge in [-0.25, -0.2) is 0 Å². The second kappa shape index (κ2) is 11.0. The molecule has 1 aromatic heterocycles. The Morgan fingerprint density at radius 3 is 2.10 bits per heavy atom. The molecule has 0 saturated carbocycles. The van der Waals surface area contributed by atoms with E-state index < -0.39 is 0 Å². The Kier molecular flexibility index (Phi) is 8.11. The molecule has 3 rings (SSSR count). The van der Waals surface area contributed by atoms with Gasteiger partial charge in [0.25, 0.3) is 5.91 Å². The third-order valence-corrected chi connectivity index (χ3v) is 5.03. The van der Waals surface area contributed by atoms with Gasteiger partial charge in [0, 0.05) is 51.6 Å². The average Bonchev–Trinajstić information content (AvgIpc) is 3.19. The number of hydrogen-bond acceptors (Lipinski definition) is 8. The number of nitrogens with zero attached hydrogens (tertiary/aromatic N) is 4. The molecule has 0 bridgehead atoms. The minimum atomic E-state index is -0.0304. The predicted octanol–water partition coefficient (Wildman–Crippen LogP) is 2.57. The van der Waals surface area contributed by atoms with E-state index in [1.165, 1.54) is 0 Å². The standard InChI is InChI=1S/C22H32N4O5/c1-5-28-18-14-17(15-19(29-6-2)21(18)30-7-3)22(27)26-12-10-25(11-13-26)9-8-20-24-23-16(4)31-20/h14-15H,5-13H2,1-4H3. The van der Waals surface area contributed by atoms with Crippen molar-refractivity contribution >= 4 is 5.91 Å². The van der Waals surface area contributed by atoms with E-state index in [0.29, 0.717) is 73.9 Å². The van der Waals surface area contributed by atoms with Crippen molar-refractivity contribution in [2.45, 2.75) is 34.1 Å². The summed E-state index contributed by atoms with van der Waals surface area (Å²) in [6.07, 6.45) is 0.711. The summed E-state index contributed by atoms with van der Waals surface area (Å²) in [5.41, 5.74) is 0.546. The molecule has 0 spiro atoms. The fourth-order valence-electron chi connectivity index (χ4n) is 3.56. The van der Waals surface area contributed by atoms with E-state index in [2.05, 4.69) is 15.1 Å². The summed E-state index contributed by atoms with van der Waals surface area (Å²) in [7, 11) is 0. The molecule has 1 saturated heterocycles. The van der Waals surface area contributed by atoms with Gasteiger partial charge in [0.1, 0.15) is 0 Å². The van der Waals surface area contributed by atoms with E-state index in [4.69, 9.17) is 18.6 Å². The molecule has 0 N–H and O–H groups in total. The minimum Gasteiger partial charge on any atom is -0.490 e. The van der Waals surface area contributed by atoms with Crippen LogP contribution in [0, 0.1) is 6.92 Å². The van der Waals surface area contributed by atoms with Crippen molar-refractivity contribution in [3.05, 3.63) is 29.5 Å². The summed E-state index contributed by atoms with van der Waals surface area (Å²) < 4.78 is 22.7. The number of rotatable bonds is 10. The minimum absolute atomic E-state index is 0.0304. The van der Waals surface area contributed by atoms with Gasteiger partial charge in [0.15, 0.2) is 11.5 Å². The molecule has 2 aromatic rings. The number of aryl methyl sites for hydroxylation is 1. The summed E-state index contributed by atoms with van der Waals surface area (Å²) in [5, 5.41) is 7.90. The Morgan fingerprint density at radius 2 is 1.58 bits per heavy atom. The van der Waals surface area contributed by atoms with Crippen LogP contribution in [0.4, 0.5) is 0 Å². The quantitative estimate of drug-likeness (QED) is 0.566. The molecule has 1 fully saturated rings. The highest BCUT2D eigenvalue weighted by molar-refractivity contribution is 5.95. The summed E-state index contributed by atoms with van der Waals surface area (Å²) in [4.78, 5) is 17.4. The Balaban J connectivity index is 1.65. The smallest absolute Gasteiger partial charge is 0.254 e. The summed E-state index contributed by atoms with van der Waals surface area (Å²) >= 11 is 0. The lowest BCUT2D eigenvalue weighted by Crippen LogP contribution is -2.49. The maximum absolute atomic E-state index is 13.2. The van der Waals surface area contributed by atoms with Gasteiger partial charge >= 0.3 is 0 Å². The third kappa shape index (κ3) is 5.88. The van der Waals surface area contributed by atoms with E-state index in [1.807, 2.05) is 25.7 Å². The molecule has 9 heteroatoms. The molecule has 0 atom stereocenters. The molecular weight excluding hydrogens is 400 g/mol. The molecule has 1 aromatic carbocycles. The van der Waals surface area contributed by atoms with E-state index in [-0.39, 0.29) is 5.91 Å². The Bertz CT molecular complexity index is 834. The van der Waals surface area contributed by atoms with Crippen molar-refractivity contribution in [2.24, 2.45) is 0 Å². The molecule has 31 heavy (non-hydrogen) atoms. The van der Waals surface area contributed by atoms with Gasteiger partial charge in [0.2, 0.25) is 17.5 Å². The van der Waals surface area contributed by atoms with Crippen molar-refractivity contribution < 1.29 is 23.4 Å². The first-order valence-corrected chi connectivity index (χ1v) is 10.9. The zero-order valence-corrected chi connectivity index (χ0v) is 18.8. The first kappa shape index (κ1) is 22.9. The van der Waals surface area contributed by atoms with Gasteiger partial charge < -0.3 is 23.5 Å². The fraction of sp³-hybridized carbons (Fsp3) is 0.591. The highest BCUT2D eigenvalue weighted by Crippen LogP contribution is 2.39. The molecule has 0 unspecified atom stereocenters. The van der Waals surface area contributed by atoms with E-state index in [0.717, 1.165) is 19.6 Å². The second-order valence-corrected chi connectivity index (χ2v) is 7.20. The summed E-state index contributed by atoms with van der Waals surface area (Å²) in [5.74, 6) is 2.82. The number of amides is 1. The highest BCUT2D eigenvalue weighted by atomic mass is 16.5. The summed E-state index contributed by atoms with van der Waals surface area (Å²) in [6, 6.07) is 3.51. The van der Waals surface area contributed by atoms with Gasteiger partial charge in [-0.15, -0.1) is 10.2 Å². The number of piperazine rings is 1. The Hall–Kier alpha value is -2.81. The van der Waals surface area contributed by atoms with Crippen molar-refractivity contribution in [1.82, 2.24) is 20.0 Å². The molecule has 2 heterocycles. The van der Waals surface area contributed by atoms with E-state index >= 15 is 0 Å². The van der Waals surface area contributed by atoms with Crippen molar-refractivity contribution in [3.8, 4) is 17.2 Å². The van der Waals surface area contributed by atoms with Crippen molar-refractivity contribution in [2.75, 3.05) is 52.5 Å². The molecule has 1 aliphatic heterocycles. The second-order valence-electron chi connectivity index (χ2n) is 7.20. The van der Waals surface area contributed by atoms with Gasteiger partial charge in [-0.3, -0.25) is 9.69 Å². The number of carbonyl (C=O) groups excluding carboxylic acids is 1. The van der Waals surface area contributed by atoms with Crippen LogP contribution in [0.3, 0.4) is 0 Å². The normalized spacial score (nSPS) is 14.5. The topological polar surface area (TPSA) is 90.2 Å². The number of benzene rings is 1. The molecule has 1 amide bonds. The molecule has 170 valence electrons. The van der Waals surface area contributed by atoms with Crippen LogP contribution in [0.25, 0.3) is 0 Å². The van der Waals surface area contributed by atoms with Crippen molar-refractivity contribution in [3.63, 3.8) is 0 Å². The number of ether oxygens (including phenoxy) is 3. The van der Waals surface area contributed by atoms with Crippen LogP contribution in [0.5, 0.6) is 17.2 Å². The maximum atomic E-state index is 13.2. The lowest BCUT2D eigenvalue weighted by molar-refractivity contribution is 0.0635. The molecule has 9 nitrogen and oxygen atoms in total. The molecular formula is C22H32N4O5. The lowest BCUT2D eigenvalue weighted by atomic mass is 10.1. The molecule has 0 aliphatic carbocycles. The lowest BCUT2D eigenvalue weighted by Gasteiger charge is -2.34. The highest BCUT2D eigenvalue weighted by Gasteiger charge is 2.25. The number of aromatic nitrogens is 2. The predicted molar refractivity (Wildman–Crippen MR) is 115 cm³/mol. The first-order valence-electron chi connectivity index (χ1n) is 10.9. The Morgan fingerprint density at radius 1 is 0.968 bits per heavy atom. The SMILES string of the molecule is CCOc1cc(C(=O)N2CCN(CCc3nnc(C)o3)CC2)cc(OCC)c1OCC. The van der Waals surface area contributed by atoms with Crippen LogP contribution in [-0.4, -0.2) is 78.4 Å². The molecule has 1 aliphatic rings. The van der Waals surface area contributed by atoms with Gasteiger partial charge in [-0.05, 0) is 32.9 Å². The van der Waals surface area contributed by atoms with Crippen LogP contribution >= 0.6 is 0 Å². The van der Waals surface area contributed by atoms with Gasteiger partial charge in [-0.1, -0.05) is 0 Å². The van der Waals surface area contributed by atoms with Crippen LogP contribution in [0.15, 0.2) is 16.5 Å². The van der Waals surface area contributed by atoms with Crippen LogP contribution in [-0.2, 0) is 6.42 Å². The Labute approximate surface area is 183 Å². The average molecular weight is 433 g/mol. The van der Waals surface area contributed by atoms with E-state index in [1.54, 1.807) is 19.1 Å². The zero-order chi connectivity index (χ0) is 22.2. The maximum Gasteiger partial charge on any atom is 0.254 e. The summed E-state index contributed by atoms with van der Waals surface area (Å²) in [6.45, 7) is 12.7. The van der Waals surface area contributed by atoms with Gasteiger partial charge in [0.05, 0.1) is 19.8 Å². The number of carbonyl (C=O) groups is 1. The monoisotopic (exact) mass is 432 g/mol. The van der Waals surface area contributed by atoms with Crippen LogP contribution in [0.1, 0.15) is 42.9 Å². The zero-order valence-electron chi connectivity index (χ0n) is 18.8. The number of hydrogen-bond donors (Lipinski definition) is 0. The fourth-order valence-corrected chi connectivity index (χ4v) is 3.56. The first-order chi connectivity index (χ1) is 15.0. The van der Waals surface area contributed by atoms with Crippen molar-refractivity contribution in [1.29, 1.82) is 0 Å². The van der Waals surface area contributed by atoms with Crippen LogP contribution < -0.4 is 14.2 Å².